The molecule has 0 amide bonds. The van der Waals surface area contributed by atoms with Crippen molar-refractivity contribution in [1.29, 1.82) is 0 Å². The van der Waals surface area contributed by atoms with Crippen LogP contribution in [0.2, 0.25) is 0 Å². The highest BCUT2D eigenvalue weighted by molar-refractivity contribution is 7.81. The van der Waals surface area contributed by atoms with Gasteiger partial charge in [0.25, 0.3) is 0 Å². The van der Waals surface area contributed by atoms with Crippen LogP contribution in [0.3, 0.4) is 0 Å². The van der Waals surface area contributed by atoms with E-state index < -0.39 is 313 Å². The van der Waals surface area contributed by atoms with Crippen molar-refractivity contribution in [1.82, 2.24) is 0 Å². The van der Waals surface area contributed by atoms with E-state index in [0.29, 0.717) is 22.3 Å². The third-order valence-electron chi connectivity index (χ3n) is 25.9. The fourth-order valence-corrected chi connectivity index (χ4v) is 19.9. The maximum atomic E-state index is 12.8. The van der Waals surface area contributed by atoms with E-state index in [-0.39, 0.29) is 33.0 Å². The molecular weight excluding hydrogens is 2060 g/mol. The summed E-state index contributed by atoms with van der Waals surface area (Å²) >= 11 is 0. The van der Waals surface area contributed by atoms with Crippen molar-refractivity contribution in [2.45, 2.75) is 304 Å². The Morgan fingerprint density at radius 1 is 0.306 bits per heavy atom. The van der Waals surface area contributed by atoms with E-state index in [0.717, 1.165) is 0 Å². The van der Waals surface area contributed by atoms with Crippen LogP contribution >= 0.6 is 0 Å². The fourth-order valence-electron chi connectivity index (χ4n) is 18.7. The molecule has 16 unspecified atom stereocenters. The molecule has 0 radical (unpaired) electrons. The Labute approximate surface area is 842 Å². The van der Waals surface area contributed by atoms with Crippen molar-refractivity contribution in [2.24, 2.45) is 44.9 Å². The standard InChI is InChI=1S/C85H119N9O49S4/c1-12-33-112-66-47(7)121-82(74(136-140-95)70(66)113-34-51-25-17-13-18-26-51)130-63-44(4)59(89-92-86)79(126-56(63)39-118-145(102,103)104)134-68-49(9)123-84(76(138-142-97)72(68)115-36-53-29-21-15-22-30-53)132-65-46(6)61(91-94-88)81(128-58(65)41-120-147(108,109)110)135-69-50(10)124-85(77(139-143-98)73(69)116-37-54-31-23-16-24-32-54)131-64-45(5)60(90-93-87)80(127-57(64)40-119-146(105,106)107)133-67-48(8)122-83(75(137-141-96)71(67)114-35-52-27-19-14-20-28-52)129-62-42(2)43(3)78(111-11)125-55(62)38-117-144(99,100)101/h12-32,42-50,55-85,95-98H,1,33-41H2,2-11H3,(H,99,100,101)(H,102,103,104)(H,105,106,107)(H,108,109,110)/t42-,43?,44-,45-,46-,47?,48?,49?,50?,55?,56?,57?,58?,59?,60?,61?,62+,63+,64+,65+,66-,67-,68-,69+,70-,71-,72-,73-,74?,75?,76?,77?,78-,79+,80+,81+,82+,83+,84+,85+/m1/s1. The molecule has 8 N–H and O–H groups in total. The summed E-state index contributed by atoms with van der Waals surface area (Å²) in [5, 5.41) is 70.6. The maximum absolute atomic E-state index is 12.8. The van der Waals surface area contributed by atoms with Crippen molar-refractivity contribution < 1.29 is 229 Å². The molecule has 8 fully saturated rings. The molecule has 8 saturated heterocycles. The van der Waals surface area contributed by atoms with E-state index in [1.54, 1.807) is 142 Å². The Balaban J connectivity index is 0.831. The first-order chi connectivity index (χ1) is 70.2. The summed E-state index contributed by atoms with van der Waals surface area (Å²) in [6, 6.07) is 29.0. The molecule has 8 aliphatic heterocycles. The first-order valence-corrected chi connectivity index (χ1v) is 51.4. The molecule has 40 atom stereocenters. The van der Waals surface area contributed by atoms with Gasteiger partial charge in [0.15, 0.2) is 74.7 Å². The van der Waals surface area contributed by atoms with Gasteiger partial charge in [-0.15, -0.1) is 6.58 Å². The Kier molecular flexibility index (Phi) is 44.7. The molecule has 0 saturated carbocycles. The largest absolute Gasteiger partial charge is 0.397 e. The Morgan fingerprint density at radius 3 is 0.769 bits per heavy atom. The highest BCUT2D eigenvalue weighted by Gasteiger charge is 2.62. The third kappa shape index (κ3) is 32.2. The van der Waals surface area contributed by atoms with Crippen LogP contribution in [-0.2, 0) is 224 Å². The van der Waals surface area contributed by atoms with E-state index in [1.165, 1.54) is 54.7 Å². The Hall–Kier alpha value is -7.29. The van der Waals surface area contributed by atoms with Crippen LogP contribution in [0.15, 0.2) is 149 Å². The van der Waals surface area contributed by atoms with E-state index in [2.05, 4.69) is 56.8 Å². The normalized spacial score (nSPS) is 37.2. The van der Waals surface area contributed by atoms with Crippen molar-refractivity contribution in [3.63, 3.8) is 0 Å². The number of hydrogen-bond acceptors (Lipinski definition) is 48. The minimum absolute atomic E-state index is 0.0368. The lowest BCUT2D eigenvalue weighted by atomic mass is 9.84. The summed E-state index contributed by atoms with van der Waals surface area (Å²) in [6.07, 6.45) is -50.3. The van der Waals surface area contributed by atoms with Gasteiger partial charge in [-0.25, -0.2) is 37.8 Å². The lowest BCUT2D eigenvalue weighted by molar-refractivity contribution is -0.537. The van der Waals surface area contributed by atoms with Gasteiger partial charge in [0.05, 0.1) is 126 Å². The van der Waals surface area contributed by atoms with Crippen molar-refractivity contribution >= 4 is 41.6 Å². The van der Waals surface area contributed by atoms with Crippen LogP contribution in [0.5, 0.6) is 0 Å². The third-order valence-corrected chi connectivity index (χ3v) is 27.6. The van der Waals surface area contributed by atoms with Crippen molar-refractivity contribution in [2.75, 3.05) is 40.1 Å². The molecule has 0 aliphatic carbocycles. The smallest absolute Gasteiger partial charge is 0.369 e. The SMILES string of the molecule is C=CCO[C@@H]1C(C)O[C@@H](O[C@@H]2C(COS(=O)(=O)O)O[C@@H](O[C@@H]3C(C)O[C@@H](O[C@@H]4C(COS(=O)(=O)O)O[C@@H](O[C@H]5C(C)O[C@@H](O[C@@H]6C(COS(=O)(=O)O)O[C@@H](O[C@@H]7C(C)O[C@@H](O[C@@H]8C(COS(=O)(=O)O)O[C@@H](OC)C(C)[C@H]8C)C(OOO)[C@@H]7OCc7ccccc7)C(N=[N+]=[N-])[C@H]6C)C(OOO)[C@@H]5OCc5ccccc5)C(N=[N+]=[N-])[C@H]4C)C(OOO)[C@@H]3OCc3ccccc3)C(N=[N+]=[N-])[C@H]2C)C(OOO)[C@@H]1OCc1ccccc1. The minimum atomic E-state index is -5.47. The zero-order valence-electron chi connectivity index (χ0n) is 80.3. The minimum Gasteiger partial charge on any atom is -0.369 e. The second-order valence-electron chi connectivity index (χ2n) is 35.4. The highest BCUT2D eigenvalue weighted by Crippen LogP contribution is 2.47. The topological polar surface area (TPSA) is 749 Å². The molecule has 4 aromatic carbocycles. The zero-order chi connectivity index (χ0) is 106. The highest BCUT2D eigenvalue weighted by atomic mass is 32.3. The number of hydrogen-bond donors (Lipinski definition) is 8. The van der Waals surface area contributed by atoms with Crippen LogP contribution in [0.1, 0.15) is 84.6 Å². The molecule has 0 bridgehead atoms. The first-order valence-electron chi connectivity index (χ1n) is 45.9. The van der Waals surface area contributed by atoms with Crippen LogP contribution in [0.25, 0.3) is 31.3 Å². The van der Waals surface area contributed by atoms with Gasteiger partial charge >= 0.3 is 41.6 Å². The van der Waals surface area contributed by atoms with E-state index >= 15 is 0 Å². The lowest BCUT2D eigenvalue weighted by Crippen LogP contribution is -2.66. The second kappa shape index (κ2) is 55.5. The molecule has 58 nitrogen and oxygen atoms in total. The van der Waals surface area contributed by atoms with Crippen molar-refractivity contribution in [3.8, 4) is 0 Å². The average Bonchev–Trinajstić information content (AvgIpc) is 0.760. The van der Waals surface area contributed by atoms with E-state index in [4.69, 9.17) is 136 Å². The van der Waals surface area contributed by atoms with Gasteiger partial charge in [-0.05, 0) is 90.2 Å². The predicted octanol–water partition coefficient (Wildman–Crippen LogP) is 7.77. The molecule has 8 heterocycles. The number of ether oxygens (including phenoxy) is 21. The number of rotatable bonds is 53. The van der Waals surface area contributed by atoms with Crippen LogP contribution in [0.4, 0.5) is 0 Å². The van der Waals surface area contributed by atoms with Gasteiger partial charge in [-0.1, -0.05) is 198 Å². The van der Waals surface area contributed by atoms with Crippen LogP contribution < -0.4 is 0 Å². The van der Waals surface area contributed by atoms with Gasteiger partial charge in [0.2, 0.25) is 0 Å². The quantitative estimate of drug-likeness (QED) is 0.00398. The summed E-state index contributed by atoms with van der Waals surface area (Å²) < 4.78 is 297. The first kappa shape index (κ1) is 118. The average molecular weight is 2180 g/mol. The molecule has 822 valence electrons. The number of azide groups is 3. The van der Waals surface area contributed by atoms with Crippen molar-refractivity contribution in [3.05, 3.63) is 188 Å². The van der Waals surface area contributed by atoms with Gasteiger partial charge in [-0.2, -0.15) is 53.2 Å². The molecule has 4 aromatic rings. The van der Waals surface area contributed by atoms with Gasteiger partial charge in [0.1, 0.15) is 73.2 Å². The molecule has 8 aliphatic rings. The van der Waals surface area contributed by atoms with E-state index in [1.807, 2.05) is 0 Å². The van der Waals surface area contributed by atoms with E-state index in [9.17, 15) is 89.5 Å². The van der Waals surface area contributed by atoms with Crippen LogP contribution in [-0.4, -0.2) is 328 Å². The number of benzene rings is 4. The Morgan fingerprint density at radius 2 is 0.537 bits per heavy atom. The van der Waals surface area contributed by atoms with Gasteiger partial charge < -0.3 is 99.5 Å². The molecule has 0 aromatic heterocycles. The Bertz CT molecular complexity index is 5360. The zero-order valence-corrected chi connectivity index (χ0v) is 83.5. The summed E-state index contributed by atoms with van der Waals surface area (Å²) in [6.45, 7) is 11.9. The van der Waals surface area contributed by atoms with Gasteiger partial charge in [-0.3, -0.25) is 18.2 Å². The molecular formula is C85H119N9O49S4. The number of nitrogens with zero attached hydrogens (tertiary/aromatic N) is 9. The fraction of sp³-hybridized carbons (Fsp3) is 0.694. The monoisotopic (exact) mass is 2180 g/mol. The van der Waals surface area contributed by atoms with Crippen LogP contribution in [0, 0.1) is 29.6 Å². The molecule has 12 rings (SSSR count). The summed E-state index contributed by atoms with van der Waals surface area (Å²) in [5.41, 5.74) is 33.6. The number of methoxy groups -OCH3 is 1. The summed E-state index contributed by atoms with van der Waals surface area (Å²) in [7, 11) is -20.0. The molecule has 0 spiro atoms. The second-order valence-corrected chi connectivity index (χ2v) is 39.7. The molecule has 147 heavy (non-hydrogen) atoms. The summed E-state index contributed by atoms with van der Waals surface area (Å²) in [5.74, 6) is -5.07. The summed E-state index contributed by atoms with van der Waals surface area (Å²) in [4.78, 5) is 31.3. The maximum Gasteiger partial charge on any atom is 0.397 e. The predicted molar refractivity (Wildman–Crippen MR) is 482 cm³/mol. The lowest BCUT2D eigenvalue weighted by Gasteiger charge is -2.52. The molecule has 62 heteroatoms. The van der Waals surface area contributed by atoms with Gasteiger partial charge in [0, 0.05) is 27.8 Å².